The van der Waals surface area contributed by atoms with Crippen LogP contribution in [0, 0.1) is 0 Å². The number of hydrogen-bond donors (Lipinski definition) is 1. The summed E-state index contributed by atoms with van der Waals surface area (Å²) in [5.41, 5.74) is 8.68. The topological polar surface area (TPSA) is 52.0 Å². The maximum atomic E-state index is 5.66. The molecule has 0 aliphatic carbocycles. The van der Waals surface area contributed by atoms with Crippen molar-refractivity contribution in [2.45, 2.75) is 6.54 Å². The average Bonchev–Trinajstić information content (AvgIpc) is 2.97. The summed E-state index contributed by atoms with van der Waals surface area (Å²) >= 11 is 1.63. The van der Waals surface area contributed by atoms with Gasteiger partial charge in [-0.3, -0.25) is 0 Å². The molecule has 0 amide bonds. The SMILES string of the molecule is NCc1coc2ccc(-c3nccs3)cc12. The van der Waals surface area contributed by atoms with Crippen molar-refractivity contribution in [3.05, 3.63) is 41.6 Å². The molecule has 3 aromatic rings. The number of hydrogen-bond acceptors (Lipinski definition) is 4. The quantitative estimate of drug-likeness (QED) is 0.736. The molecule has 0 fully saturated rings. The zero-order valence-corrected chi connectivity index (χ0v) is 9.33. The summed E-state index contributed by atoms with van der Waals surface area (Å²) in [5.74, 6) is 0. The molecule has 1 aromatic carbocycles. The van der Waals surface area contributed by atoms with E-state index < -0.39 is 0 Å². The summed E-state index contributed by atoms with van der Waals surface area (Å²) in [4.78, 5) is 4.29. The monoisotopic (exact) mass is 230 g/mol. The molecule has 2 N–H and O–H groups in total. The Balaban J connectivity index is 2.21. The maximum absolute atomic E-state index is 5.66. The van der Waals surface area contributed by atoms with Gasteiger partial charge in [-0.15, -0.1) is 11.3 Å². The van der Waals surface area contributed by atoms with Crippen molar-refractivity contribution in [1.82, 2.24) is 4.98 Å². The van der Waals surface area contributed by atoms with Crippen LogP contribution in [-0.2, 0) is 6.54 Å². The van der Waals surface area contributed by atoms with E-state index in [-0.39, 0.29) is 0 Å². The Morgan fingerprint density at radius 1 is 1.38 bits per heavy atom. The second-order valence-corrected chi connectivity index (χ2v) is 4.41. The molecule has 3 rings (SSSR count). The molecule has 0 saturated heterocycles. The summed E-state index contributed by atoms with van der Waals surface area (Å²) in [6.45, 7) is 0.494. The predicted octanol–water partition coefficient (Wildman–Crippen LogP) is 3.02. The van der Waals surface area contributed by atoms with Crippen molar-refractivity contribution in [2.24, 2.45) is 5.73 Å². The van der Waals surface area contributed by atoms with Crippen LogP contribution >= 0.6 is 11.3 Å². The van der Waals surface area contributed by atoms with E-state index in [1.54, 1.807) is 17.6 Å². The number of fused-ring (bicyclic) bond motifs is 1. The van der Waals surface area contributed by atoms with Gasteiger partial charge in [0.2, 0.25) is 0 Å². The number of benzene rings is 1. The summed E-state index contributed by atoms with van der Waals surface area (Å²) in [5, 5.41) is 4.07. The highest BCUT2D eigenvalue weighted by atomic mass is 32.1. The minimum absolute atomic E-state index is 0.494. The second kappa shape index (κ2) is 3.73. The van der Waals surface area contributed by atoms with Gasteiger partial charge in [-0.05, 0) is 18.2 Å². The molecule has 0 radical (unpaired) electrons. The zero-order chi connectivity index (χ0) is 11.0. The summed E-state index contributed by atoms with van der Waals surface area (Å²) in [7, 11) is 0. The van der Waals surface area contributed by atoms with Gasteiger partial charge in [-0.2, -0.15) is 0 Å². The van der Waals surface area contributed by atoms with E-state index in [1.165, 1.54) is 0 Å². The Morgan fingerprint density at radius 2 is 2.31 bits per heavy atom. The first-order chi connectivity index (χ1) is 7.88. The van der Waals surface area contributed by atoms with Crippen molar-refractivity contribution in [3.63, 3.8) is 0 Å². The highest BCUT2D eigenvalue weighted by molar-refractivity contribution is 7.13. The van der Waals surface area contributed by atoms with Gasteiger partial charge in [0.05, 0.1) is 6.26 Å². The van der Waals surface area contributed by atoms with Crippen LogP contribution in [0.4, 0.5) is 0 Å². The molecule has 4 heteroatoms. The molecular formula is C12H10N2OS. The van der Waals surface area contributed by atoms with Crippen LogP contribution in [0.2, 0.25) is 0 Å². The van der Waals surface area contributed by atoms with Crippen molar-refractivity contribution >= 4 is 22.3 Å². The standard InChI is InChI=1S/C12H10N2OS/c13-6-9-7-15-11-2-1-8(5-10(9)11)12-14-3-4-16-12/h1-5,7H,6,13H2. The van der Waals surface area contributed by atoms with Gasteiger partial charge in [0, 0.05) is 34.6 Å². The fourth-order valence-electron chi connectivity index (χ4n) is 1.74. The number of thiazole rings is 1. The molecule has 16 heavy (non-hydrogen) atoms. The molecule has 3 nitrogen and oxygen atoms in total. The number of aromatic nitrogens is 1. The number of rotatable bonds is 2. The van der Waals surface area contributed by atoms with E-state index in [0.29, 0.717) is 6.54 Å². The largest absolute Gasteiger partial charge is 0.464 e. The molecule has 0 bridgehead atoms. The third-order valence-corrected chi connectivity index (χ3v) is 3.38. The molecule has 0 unspecified atom stereocenters. The van der Waals surface area contributed by atoms with E-state index in [0.717, 1.165) is 27.1 Å². The van der Waals surface area contributed by atoms with Crippen LogP contribution < -0.4 is 5.73 Å². The summed E-state index contributed by atoms with van der Waals surface area (Å²) in [6.07, 6.45) is 3.53. The summed E-state index contributed by atoms with van der Waals surface area (Å²) in [6, 6.07) is 6.07. The Kier molecular flexibility index (Phi) is 2.23. The Labute approximate surface area is 96.5 Å². The van der Waals surface area contributed by atoms with E-state index in [4.69, 9.17) is 10.2 Å². The first kappa shape index (κ1) is 9.57. The molecule has 2 heterocycles. The minimum Gasteiger partial charge on any atom is -0.464 e. The van der Waals surface area contributed by atoms with Crippen LogP contribution in [0.15, 0.2) is 40.5 Å². The van der Waals surface area contributed by atoms with Gasteiger partial charge in [0.25, 0.3) is 0 Å². The first-order valence-corrected chi connectivity index (χ1v) is 5.86. The van der Waals surface area contributed by atoms with E-state index in [2.05, 4.69) is 11.1 Å². The van der Waals surface area contributed by atoms with Crippen LogP contribution in [0.25, 0.3) is 21.5 Å². The van der Waals surface area contributed by atoms with E-state index >= 15 is 0 Å². The van der Waals surface area contributed by atoms with E-state index in [9.17, 15) is 0 Å². The Hall–Kier alpha value is -1.65. The number of furan rings is 1. The van der Waals surface area contributed by atoms with Gasteiger partial charge in [-0.25, -0.2) is 4.98 Å². The lowest BCUT2D eigenvalue weighted by Gasteiger charge is -1.97. The molecule has 80 valence electrons. The lowest BCUT2D eigenvalue weighted by molar-refractivity contribution is 0.610. The smallest absolute Gasteiger partial charge is 0.134 e. The molecule has 0 spiro atoms. The van der Waals surface area contributed by atoms with Crippen molar-refractivity contribution in [1.29, 1.82) is 0 Å². The van der Waals surface area contributed by atoms with Gasteiger partial charge in [0.1, 0.15) is 10.6 Å². The fourth-order valence-corrected chi connectivity index (χ4v) is 2.37. The van der Waals surface area contributed by atoms with Gasteiger partial charge < -0.3 is 10.2 Å². The minimum atomic E-state index is 0.494. The van der Waals surface area contributed by atoms with Crippen LogP contribution in [0.1, 0.15) is 5.56 Å². The molecule has 0 aliphatic heterocycles. The lowest BCUT2D eigenvalue weighted by Crippen LogP contribution is -1.93. The van der Waals surface area contributed by atoms with Crippen molar-refractivity contribution in [2.75, 3.05) is 0 Å². The molecule has 2 aromatic heterocycles. The second-order valence-electron chi connectivity index (χ2n) is 3.51. The number of nitrogens with two attached hydrogens (primary N) is 1. The average molecular weight is 230 g/mol. The third-order valence-electron chi connectivity index (χ3n) is 2.55. The van der Waals surface area contributed by atoms with Gasteiger partial charge in [0.15, 0.2) is 0 Å². The lowest BCUT2D eigenvalue weighted by atomic mass is 10.1. The highest BCUT2D eigenvalue weighted by Crippen LogP contribution is 2.28. The molecule has 0 aliphatic rings. The van der Waals surface area contributed by atoms with Gasteiger partial charge >= 0.3 is 0 Å². The first-order valence-electron chi connectivity index (χ1n) is 4.98. The van der Waals surface area contributed by atoms with Crippen LogP contribution in [-0.4, -0.2) is 4.98 Å². The third kappa shape index (κ3) is 1.43. The van der Waals surface area contributed by atoms with E-state index in [1.807, 2.05) is 23.7 Å². The predicted molar refractivity (Wildman–Crippen MR) is 65.2 cm³/mol. The molecule has 0 saturated carbocycles. The van der Waals surface area contributed by atoms with Crippen LogP contribution in [0.3, 0.4) is 0 Å². The number of nitrogens with zero attached hydrogens (tertiary/aromatic N) is 1. The Bertz CT molecular complexity index is 613. The van der Waals surface area contributed by atoms with Crippen molar-refractivity contribution < 1.29 is 4.42 Å². The van der Waals surface area contributed by atoms with Gasteiger partial charge in [-0.1, -0.05) is 0 Å². The summed E-state index contributed by atoms with van der Waals surface area (Å²) < 4.78 is 5.42. The Morgan fingerprint density at radius 3 is 3.06 bits per heavy atom. The molecular weight excluding hydrogens is 220 g/mol. The normalized spacial score (nSPS) is 11.1. The van der Waals surface area contributed by atoms with Crippen molar-refractivity contribution in [3.8, 4) is 10.6 Å². The van der Waals surface area contributed by atoms with Crippen LogP contribution in [0.5, 0.6) is 0 Å². The maximum Gasteiger partial charge on any atom is 0.134 e. The highest BCUT2D eigenvalue weighted by Gasteiger charge is 2.07. The molecule has 0 atom stereocenters. The fraction of sp³-hybridized carbons (Fsp3) is 0.0833. The zero-order valence-electron chi connectivity index (χ0n) is 8.51.